The van der Waals surface area contributed by atoms with Crippen LogP contribution in [0.4, 0.5) is 13.2 Å². The quantitative estimate of drug-likeness (QED) is 0.918. The summed E-state index contributed by atoms with van der Waals surface area (Å²) in [6.45, 7) is 1.67. The molecule has 0 radical (unpaired) electrons. The Kier molecular flexibility index (Phi) is 5.08. The van der Waals surface area contributed by atoms with Gasteiger partial charge in [-0.1, -0.05) is 30.3 Å². The lowest BCUT2D eigenvalue weighted by Gasteiger charge is -2.21. The van der Waals surface area contributed by atoms with Crippen molar-refractivity contribution in [3.8, 4) is 0 Å². The monoisotopic (exact) mass is 325 g/mol. The summed E-state index contributed by atoms with van der Waals surface area (Å²) < 4.78 is 40.8. The van der Waals surface area contributed by atoms with Crippen molar-refractivity contribution in [2.24, 2.45) is 7.05 Å². The zero-order chi connectivity index (χ0) is 17.0. The number of rotatable bonds is 5. The first-order valence-electron chi connectivity index (χ1n) is 7.19. The van der Waals surface area contributed by atoms with Crippen molar-refractivity contribution in [2.45, 2.75) is 32.0 Å². The molecule has 0 aliphatic carbocycles. The van der Waals surface area contributed by atoms with Crippen LogP contribution in [0.3, 0.4) is 0 Å². The number of aryl methyl sites for hydroxylation is 3. The van der Waals surface area contributed by atoms with E-state index in [1.165, 1.54) is 17.8 Å². The van der Waals surface area contributed by atoms with Crippen LogP contribution in [0.1, 0.15) is 28.2 Å². The Labute approximate surface area is 132 Å². The van der Waals surface area contributed by atoms with Gasteiger partial charge in [-0.3, -0.25) is 9.48 Å². The third kappa shape index (κ3) is 4.58. The van der Waals surface area contributed by atoms with Crippen LogP contribution in [-0.4, -0.2) is 27.9 Å². The van der Waals surface area contributed by atoms with Gasteiger partial charge in [0.15, 0.2) is 0 Å². The SMILES string of the molecule is Cc1cc(C(=O)N[C@@H](CCc2ccccc2)C(F)(F)F)n(C)n1. The van der Waals surface area contributed by atoms with Crippen LogP contribution >= 0.6 is 0 Å². The number of aromatic nitrogens is 2. The Balaban J connectivity index is 2.07. The predicted octanol–water partition coefficient (Wildman–Crippen LogP) is 3.02. The number of nitrogens with zero attached hydrogens (tertiary/aromatic N) is 2. The summed E-state index contributed by atoms with van der Waals surface area (Å²) in [5.41, 5.74) is 1.48. The maximum Gasteiger partial charge on any atom is 0.408 e. The molecule has 4 nitrogen and oxygen atoms in total. The second-order valence-electron chi connectivity index (χ2n) is 5.39. The van der Waals surface area contributed by atoms with Gasteiger partial charge in [0.25, 0.3) is 5.91 Å². The minimum atomic E-state index is -4.50. The Hall–Kier alpha value is -2.31. The van der Waals surface area contributed by atoms with Crippen molar-refractivity contribution in [3.63, 3.8) is 0 Å². The molecule has 7 heteroatoms. The number of benzene rings is 1. The minimum Gasteiger partial charge on any atom is -0.339 e. The molecule has 0 aliphatic rings. The number of carbonyl (C=O) groups is 1. The van der Waals surface area contributed by atoms with Gasteiger partial charge < -0.3 is 5.32 Å². The van der Waals surface area contributed by atoms with Gasteiger partial charge in [0.05, 0.1) is 5.69 Å². The van der Waals surface area contributed by atoms with Gasteiger partial charge in [0, 0.05) is 7.05 Å². The summed E-state index contributed by atoms with van der Waals surface area (Å²) in [6.07, 6.45) is -4.48. The molecular weight excluding hydrogens is 307 g/mol. The van der Waals surface area contributed by atoms with E-state index in [9.17, 15) is 18.0 Å². The molecule has 1 amide bonds. The lowest BCUT2D eigenvalue weighted by atomic mass is 10.0. The van der Waals surface area contributed by atoms with Crippen LogP contribution in [0.25, 0.3) is 0 Å². The second kappa shape index (κ2) is 6.85. The van der Waals surface area contributed by atoms with Crippen LogP contribution in [0.5, 0.6) is 0 Å². The van der Waals surface area contributed by atoms with E-state index >= 15 is 0 Å². The maximum atomic E-state index is 13.2. The molecule has 0 saturated heterocycles. The van der Waals surface area contributed by atoms with E-state index in [1.54, 1.807) is 37.3 Å². The van der Waals surface area contributed by atoms with Gasteiger partial charge in [-0.2, -0.15) is 18.3 Å². The molecule has 1 atom stereocenters. The molecule has 124 valence electrons. The van der Waals surface area contributed by atoms with E-state index in [2.05, 4.69) is 10.4 Å². The highest BCUT2D eigenvalue weighted by molar-refractivity contribution is 5.92. The number of carbonyl (C=O) groups excluding carboxylic acids is 1. The maximum absolute atomic E-state index is 13.2. The van der Waals surface area contributed by atoms with Crippen LogP contribution < -0.4 is 5.32 Å². The van der Waals surface area contributed by atoms with E-state index in [0.29, 0.717) is 5.69 Å². The molecule has 1 N–H and O–H groups in total. The predicted molar refractivity (Wildman–Crippen MR) is 80.0 cm³/mol. The molecule has 1 heterocycles. The fraction of sp³-hybridized carbons (Fsp3) is 0.375. The van der Waals surface area contributed by atoms with Gasteiger partial charge in [0.1, 0.15) is 11.7 Å². The summed E-state index contributed by atoms with van der Waals surface area (Å²) >= 11 is 0. The Morgan fingerprint density at radius 2 is 1.96 bits per heavy atom. The van der Waals surface area contributed by atoms with Crippen LogP contribution in [0.15, 0.2) is 36.4 Å². The number of halogens is 3. The molecular formula is C16H18F3N3O. The Morgan fingerprint density at radius 3 is 2.48 bits per heavy atom. The number of alkyl halides is 3. The molecule has 0 fully saturated rings. The third-order valence-electron chi connectivity index (χ3n) is 3.50. The average molecular weight is 325 g/mol. The zero-order valence-corrected chi connectivity index (χ0v) is 12.9. The van der Waals surface area contributed by atoms with E-state index in [4.69, 9.17) is 0 Å². The summed E-state index contributed by atoms with van der Waals surface area (Å²) in [5, 5.41) is 6.04. The summed E-state index contributed by atoms with van der Waals surface area (Å²) in [7, 11) is 1.52. The summed E-state index contributed by atoms with van der Waals surface area (Å²) in [4.78, 5) is 12.1. The highest BCUT2D eigenvalue weighted by Crippen LogP contribution is 2.24. The molecule has 2 aromatic rings. The molecule has 0 aliphatic heterocycles. The lowest BCUT2D eigenvalue weighted by molar-refractivity contribution is -0.154. The van der Waals surface area contributed by atoms with E-state index in [0.717, 1.165) is 5.56 Å². The molecule has 0 unspecified atom stereocenters. The van der Waals surface area contributed by atoms with Crippen molar-refractivity contribution in [1.82, 2.24) is 15.1 Å². The standard InChI is InChI=1S/C16H18F3N3O/c1-11-10-13(22(2)21-11)15(23)20-14(16(17,18)19)9-8-12-6-4-3-5-7-12/h3-7,10,14H,8-9H2,1-2H3,(H,20,23)/t14-/m0/s1. The molecule has 23 heavy (non-hydrogen) atoms. The van der Waals surface area contributed by atoms with Gasteiger partial charge in [-0.05, 0) is 31.4 Å². The van der Waals surface area contributed by atoms with E-state index in [-0.39, 0.29) is 18.5 Å². The first-order valence-corrected chi connectivity index (χ1v) is 7.19. The van der Waals surface area contributed by atoms with Crippen molar-refractivity contribution < 1.29 is 18.0 Å². The largest absolute Gasteiger partial charge is 0.408 e. The molecule has 0 spiro atoms. The fourth-order valence-corrected chi connectivity index (χ4v) is 2.33. The fourth-order valence-electron chi connectivity index (χ4n) is 2.33. The van der Waals surface area contributed by atoms with Gasteiger partial charge in [-0.25, -0.2) is 0 Å². The smallest absolute Gasteiger partial charge is 0.339 e. The first-order chi connectivity index (χ1) is 10.8. The highest BCUT2D eigenvalue weighted by atomic mass is 19.4. The number of hydrogen-bond acceptors (Lipinski definition) is 2. The number of hydrogen-bond donors (Lipinski definition) is 1. The van der Waals surface area contributed by atoms with Crippen LogP contribution in [-0.2, 0) is 13.5 Å². The second-order valence-corrected chi connectivity index (χ2v) is 5.39. The zero-order valence-electron chi connectivity index (χ0n) is 12.9. The lowest BCUT2D eigenvalue weighted by Crippen LogP contribution is -2.46. The summed E-state index contributed by atoms with van der Waals surface area (Å²) in [5.74, 6) is -0.775. The van der Waals surface area contributed by atoms with E-state index in [1.807, 2.05) is 0 Å². The molecule has 0 bridgehead atoms. The Bertz CT molecular complexity index is 665. The molecule has 1 aromatic heterocycles. The highest BCUT2D eigenvalue weighted by Gasteiger charge is 2.40. The molecule has 2 rings (SSSR count). The Morgan fingerprint density at radius 1 is 1.30 bits per heavy atom. The average Bonchev–Trinajstić information content (AvgIpc) is 2.82. The van der Waals surface area contributed by atoms with Crippen molar-refractivity contribution in [3.05, 3.63) is 53.3 Å². The number of nitrogens with one attached hydrogen (secondary N) is 1. The molecule has 0 saturated carbocycles. The minimum absolute atomic E-state index is 0.108. The van der Waals surface area contributed by atoms with Gasteiger partial charge in [-0.15, -0.1) is 0 Å². The van der Waals surface area contributed by atoms with Crippen LogP contribution in [0, 0.1) is 6.92 Å². The van der Waals surface area contributed by atoms with Crippen LogP contribution in [0.2, 0.25) is 0 Å². The van der Waals surface area contributed by atoms with Crippen molar-refractivity contribution in [2.75, 3.05) is 0 Å². The first kappa shape index (κ1) is 17.1. The molecule has 1 aromatic carbocycles. The van der Waals surface area contributed by atoms with Crippen molar-refractivity contribution in [1.29, 1.82) is 0 Å². The topological polar surface area (TPSA) is 46.9 Å². The normalized spacial score (nSPS) is 12.9. The van der Waals surface area contributed by atoms with Gasteiger partial charge >= 0.3 is 6.18 Å². The van der Waals surface area contributed by atoms with Crippen molar-refractivity contribution >= 4 is 5.91 Å². The number of amides is 1. The third-order valence-corrected chi connectivity index (χ3v) is 3.50. The summed E-state index contributed by atoms with van der Waals surface area (Å²) in [6, 6.07) is 8.44. The van der Waals surface area contributed by atoms with Gasteiger partial charge in [0.2, 0.25) is 0 Å². The van der Waals surface area contributed by atoms with E-state index < -0.39 is 18.1 Å².